The lowest BCUT2D eigenvalue weighted by Gasteiger charge is -2.37. The van der Waals surface area contributed by atoms with Crippen molar-refractivity contribution >= 4 is 11.9 Å². The summed E-state index contributed by atoms with van der Waals surface area (Å²) in [5.74, 6) is -1.63. The standard InChI is InChI=1S/C20H20FNO4/c1-12-7-15(9-16(8-12)20(24)25)19(23)22-10-13(2)26-18(11-22)14-3-5-17(21)6-4-14/h3-9,13,18H,10-11H2,1-2H3,(H,24,25). The molecule has 0 aromatic heterocycles. The monoisotopic (exact) mass is 357 g/mol. The second-order valence-electron chi connectivity index (χ2n) is 6.59. The summed E-state index contributed by atoms with van der Waals surface area (Å²) < 4.78 is 19.0. The molecule has 2 aromatic rings. The second kappa shape index (κ2) is 7.25. The third-order valence-electron chi connectivity index (χ3n) is 4.36. The van der Waals surface area contributed by atoms with Gasteiger partial charge in [-0.15, -0.1) is 0 Å². The van der Waals surface area contributed by atoms with E-state index in [9.17, 15) is 19.1 Å². The summed E-state index contributed by atoms with van der Waals surface area (Å²) in [6.07, 6.45) is -0.543. The summed E-state index contributed by atoms with van der Waals surface area (Å²) in [6.45, 7) is 4.36. The van der Waals surface area contributed by atoms with Gasteiger partial charge in [0.25, 0.3) is 5.91 Å². The molecule has 0 bridgehead atoms. The highest BCUT2D eigenvalue weighted by molar-refractivity contribution is 5.98. The van der Waals surface area contributed by atoms with Crippen molar-refractivity contribution in [3.8, 4) is 0 Å². The molecule has 0 aliphatic carbocycles. The minimum atomic E-state index is -1.07. The van der Waals surface area contributed by atoms with E-state index >= 15 is 0 Å². The number of carbonyl (C=O) groups excluding carboxylic acids is 1. The summed E-state index contributed by atoms with van der Waals surface area (Å²) in [6, 6.07) is 10.6. The number of nitrogens with zero attached hydrogens (tertiary/aromatic N) is 1. The zero-order chi connectivity index (χ0) is 18.8. The molecular weight excluding hydrogens is 337 g/mol. The van der Waals surface area contributed by atoms with Gasteiger partial charge >= 0.3 is 5.97 Å². The molecule has 6 heteroatoms. The van der Waals surface area contributed by atoms with Crippen LogP contribution in [0.1, 0.15) is 44.9 Å². The third-order valence-corrected chi connectivity index (χ3v) is 4.36. The number of carboxylic acids is 1. The van der Waals surface area contributed by atoms with E-state index < -0.39 is 5.97 Å². The van der Waals surface area contributed by atoms with E-state index in [4.69, 9.17) is 4.74 Å². The minimum absolute atomic E-state index is 0.0877. The predicted octanol–water partition coefficient (Wildman–Crippen LogP) is 3.43. The van der Waals surface area contributed by atoms with Crippen LogP contribution in [-0.4, -0.2) is 41.1 Å². The molecule has 1 aliphatic heterocycles. The predicted molar refractivity (Wildman–Crippen MR) is 93.7 cm³/mol. The molecule has 2 atom stereocenters. The molecule has 2 aromatic carbocycles. The number of amides is 1. The molecule has 0 saturated carbocycles. The average Bonchev–Trinajstić information content (AvgIpc) is 2.60. The highest BCUT2D eigenvalue weighted by atomic mass is 19.1. The first kappa shape index (κ1) is 18.1. The minimum Gasteiger partial charge on any atom is -0.478 e. The van der Waals surface area contributed by atoms with Crippen LogP contribution in [0.3, 0.4) is 0 Å². The SMILES string of the molecule is Cc1cc(C(=O)O)cc(C(=O)N2CC(C)OC(c3ccc(F)cc3)C2)c1. The van der Waals surface area contributed by atoms with Crippen LogP contribution in [-0.2, 0) is 4.74 Å². The van der Waals surface area contributed by atoms with Crippen molar-refractivity contribution < 1.29 is 23.8 Å². The lowest BCUT2D eigenvalue weighted by Crippen LogP contribution is -2.46. The van der Waals surface area contributed by atoms with Gasteiger partial charge in [-0.1, -0.05) is 12.1 Å². The van der Waals surface area contributed by atoms with Crippen LogP contribution in [0.15, 0.2) is 42.5 Å². The molecule has 1 fully saturated rings. The first-order valence-electron chi connectivity index (χ1n) is 8.38. The van der Waals surface area contributed by atoms with Crippen molar-refractivity contribution in [1.29, 1.82) is 0 Å². The maximum absolute atomic E-state index is 13.1. The normalized spacial score (nSPS) is 20.0. The van der Waals surface area contributed by atoms with Crippen molar-refractivity contribution in [1.82, 2.24) is 4.90 Å². The number of benzene rings is 2. The van der Waals surface area contributed by atoms with Crippen molar-refractivity contribution in [3.63, 3.8) is 0 Å². The largest absolute Gasteiger partial charge is 0.478 e. The number of aromatic carboxylic acids is 1. The lowest BCUT2D eigenvalue weighted by atomic mass is 10.0. The van der Waals surface area contributed by atoms with Crippen molar-refractivity contribution in [3.05, 3.63) is 70.5 Å². The molecule has 0 spiro atoms. The van der Waals surface area contributed by atoms with Gasteiger partial charge in [0.1, 0.15) is 11.9 Å². The molecule has 1 amide bonds. The molecule has 3 rings (SSSR count). The number of morpholine rings is 1. The Kier molecular flexibility index (Phi) is 5.04. The Morgan fingerprint density at radius 1 is 1.12 bits per heavy atom. The molecule has 5 nitrogen and oxygen atoms in total. The number of carbonyl (C=O) groups is 2. The number of rotatable bonds is 3. The summed E-state index contributed by atoms with van der Waals surface area (Å²) in [4.78, 5) is 25.8. The van der Waals surface area contributed by atoms with E-state index in [1.807, 2.05) is 6.92 Å². The fourth-order valence-electron chi connectivity index (χ4n) is 3.19. The van der Waals surface area contributed by atoms with Crippen LogP contribution in [0.25, 0.3) is 0 Å². The summed E-state index contributed by atoms with van der Waals surface area (Å²) >= 11 is 0. The van der Waals surface area contributed by atoms with E-state index in [1.54, 1.807) is 30.0 Å². The molecule has 1 saturated heterocycles. The van der Waals surface area contributed by atoms with Crippen LogP contribution in [0, 0.1) is 12.7 Å². The maximum Gasteiger partial charge on any atom is 0.335 e. The molecule has 26 heavy (non-hydrogen) atoms. The average molecular weight is 357 g/mol. The zero-order valence-corrected chi connectivity index (χ0v) is 14.6. The van der Waals surface area contributed by atoms with Crippen LogP contribution >= 0.6 is 0 Å². The van der Waals surface area contributed by atoms with Gasteiger partial charge in [-0.25, -0.2) is 9.18 Å². The number of halogens is 1. The molecular formula is C20H20FNO4. The molecule has 1 heterocycles. The van der Waals surface area contributed by atoms with E-state index in [-0.39, 0.29) is 29.5 Å². The molecule has 1 aliphatic rings. The van der Waals surface area contributed by atoms with E-state index in [0.29, 0.717) is 24.2 Å². The number of carboxylic acid groups (broad SMARTS) is 1. The van der Waals surface area contributed by atoms with Gasteiger partial charge in [0.2, 0.25) is 0 Å². The topological polar surface area (TPSA) is 66.8 Å². The van der Waals surface area contributed by atoms with Crippen LogP contribution in [0.4, 0.5) is 4.39 Å². The highest BCUT2D eigenvalue weighted by Crippen LogP contribution is 2.26. The summed E-state index contributed by atoms with van der Waals surface area (Å²) in [5.41, 5.74) is 1.94. The van der Waals surface area contributed by atoms with Gasteiger partial charge in [0.15, 0.2) is 0 Å². The Hall–Kier alpha value is -2.73. The maximum atomic E-state index is 13.1. The van der Waals surface area contributed by atoms with Gasteiger partial charge in [0.05, 0.1) is 18.2 Å². The summed E-state index contributed by atoms with van der Waals surface area (Å²) in [7, 11) is 0. The number of aryl methyl sites for hydroxylation is 1. The molecule has 0 radical (unpaired) electrons. The Morgan fingerprint density at radius 2 is 1.77 bits per heavy atom. The van der Waals surface area contributed by atoms with Gasteiger partial charge < -0.3 is 14.7 Å². The third kappa shape index (κ3) is 3.91. The Bertz CT molecular complexity index is 834. The van der Waals surface area contributed by atoms with E-state index in [0.717, 1.165) is 5.56 Å². The molecule has 136 valence electrons. The van der Waals surface area contributed by atoms with Gasteiger partial charge in [-0.05, 0) is 55.3 Å². The second-order valence-corrected chi connectivity index (χ2v) is 6.59. The lowest BCUT2D eigenvalue weighted by molar-refractivity contribution is -0.0692. The fourth-order valence-corrected chi connectivity index (χ4v) is 3.19. The zero-order valence-electron chi connectivity index (χ0n) is 14.6. The quantitative estimate of drug-likeness (QED) is 0.914. The Morgan fingerprint density at radius 3 is 2.42 bits per heavy atom. The van der Waals surface area contributed by atoms with E-state index in [2.05, 4.69) is 0 Å². The van der Waals surface area contributed by atoms with Crippen molar-refractivity contribution in [2.24, 2.45) is 0 Å². The van der Waals surface area contributed by atoms with E-state index in [1.165, 1.54) is 24.3 Å². The van der Waals surface area contributed by atoms with Crippen molar-refractivity contribution in [2.45, 2.75) is 26.1 Å². The van der Waals surface area contributed by atoms with Crippen molar-refractivity contribution in [2.75, 3.05) is 13.1 Å². The van der Waals surface area contributed by atoms with Gasteiger partial charge in [-0.3, -0.25) is 4.79 Å². The van der Waals surface area contributed by atoms with Gasteiger partial charge in [-0.2, -0.15) is 0 Å². The first-order valence-corrected chi connectivity index (χ1v) is 8.38. The van der Waals surface area contributed by atoms with Crippen LogP contribution in [0.5, 0.6) is 0 Å². The Balaban J connectivity index is 1.85. The summed E-state index contributed by atoms with van der Waals surface area (Å²) in [5, 5.41) is 9.21. The van der Waals surface area contributed by atoms with Crippen LogP contribution in [0.2, 0.25) is 0 Å². The Labute approximate surface area is 151 Å². The molecule has 2 unspecified atom stereocenters. The van der Waals surface area contributed by atoms with Crippen LogP contribution < -0.4 is 0 Å². The number of hydrogen-bond donors (Lipinski definition) is 1. The molecule has 1 N–H and O–H groups in total. The van der Waals surface area contributed by atoms with Gasteiger partial charge in [0, 0.05) is 12.1 Å². The number of ether oxygens (including phenoxy) is 1. The fraction of sp³-hybridized carbons (Fsp3) is 0.300. The number of hydrogen-bond acceptors (Lipinski definition) is 3. The first-order chi connectivity index (χ1) is 12.3. The highest BCUT2D eigenvalue weighted by Gasteiger charge is 2.30. The smallest absolute Gasteiger partial charge is 0.335 e.